The van der Waals surface area contributed by atoms with Gasteiger partial charge in [-0.3, -0.25) is 0 Å². The molecule has 2 heterocycles. The number of hydrogen-bond donors (Lipinski definition) is 0. The molecule has 2 aliphatic heterocycles. The van der Waals surface area contributed by atoms with Gasteiger partial charge in [0.05, 0.1) is 13.2 Å². The second-order valence-electron chi connectivity index (χ2n) is 3.33. The van der Waals surface area contributed by atoms with Gasteiger partial charge in [-0.15, -0.1) is 20.2 Å². The Morgan fingerprint density at radius 1 is 0.938 bits per heavy atom. The van der Waals surface area contributed by atoms with Crippen LogP contribution in [0.1, 0.15) is 0 Å². The molecule has 2 fully saturated rings. The Labute approximate surface area is 88.2 Å². The fourth-order valence-electron chi connectivity index (χ4n) is 1.83. The number of hydrogen-bond acceptors (Lipinski definition) is 8. The molecule has 0 aliphatic carbocycles. The van der Waals surface area contributed by atoms with Crippen molar-refractivity contribution in [3.05, 3.63) is 20.2 Å². The first-order valence-corrected chi connectivity index (χ1v) is 4.43. The molecule has 0 amide bonds. The van der Waals surface area contributed by atoms with Crippen molar-refractivity contribution in [2.75, 3.05) is 13.2 Å². The summed E-state index contributed by atoms with van der Waals surface area (Å²) in [5.41, 5.74) is 0. The number of rotatable bonds is 4. The summed E-state index contributed by atoms with van der Waals surface area (Å²) in [5.74, 6) is 0. The van der Waals surface area contributed by atoms with Crippen molar-refractivity contribution in [2.24, 2.45) is 0 Å². The van der Waals surface area contributed by atoms with E-state index in [1.165, 1.54) is 0 Å². The summed E-state index contributed by atoms with van der Waals surface area (Å²) in [6.07, 6.45) is -3.12. The lowest BCUT2D eigenvalue weighted by molar-refractivity contribution is -0.769. The molecule has 2 aliphatic rings. The van der Waals surface area contributed by atoms with E-state index in [4.69, 9.17) is 9.47 Å². The van der Waals surface area contributed by atoms with Crippen molar-refractivity contribution in [3.63, 3.8) is 0 Å². The van der Waals surface area contributed by atoms with Crippen LogP contribution in [-0.2, 0) is 19.1 Å². The van der Waals surface area contributed by atoms with E-state index in [1.807, 2.05) is 0 Å². The minimum atomic E-state index is -0.943. The average Bonchev–Trinajstić information content (AvgIpc) is 2.70. The van der Waals surface area contributed by atoms with E-state index < -0.39 is 34.6 Å². The highest BCUT2D eigenvalue weighted by molar-refractivity contribution is 4.94. The summed E-state index contributed by atoms with van der Waals surface area (Å²) in [7, 11) is 0. The van der Waals surface area contributed by atoms with Crippen molar-refractivity contribution in [2.45, 2.75) is 24.4 Å². The fraction of sp³-hybridized carbons (Fsp3) is 1.00. The fourth-order valence-corrected chi connectivity index (χ4v) is 1.83. The van der Waals surface area contributed by atoms with Crippen LogP contribution in [0.4, 0.5) is 0 Å². The Kier molecular flexibility index (Phi) is 2.75. The zero-order valence-corrected chi connectivity index (χ0v) is 7.88. The van der Waals surface area contributed by atoms with Crippen LogP contribution in [-0.4, -0.2) is 47.8 Å². The molecule has 4 atom stereocenters. The van der Waals surface area contributed by atoms with Gasteiger partial charge in [-0.05, 0) is 0 Å². The summed E-state index contributed by atoms with van der Waals surface area (Å²) in [5, 5.41) is 18.4. The molecule has 10 heteroatoms. The van der Waals surface area contributed by atoms with E-state index in [0.29, 0.717) is 0 Å². The molecule has 0 aromatic rings. The van der Waals surface area contributed by atoms with E-state index in [9.17, 15) is 20.2 Å². The maximum atomic E-state index is 10.1. The summed E-state index contributed by atoms with van der Waals surface area (Å²) in [4.78, 5) is 28.9. The highest BCUT2D eigenvalue weighted by Gasteiger charge is 2.51. The van der Waals surface area contributed by atoms with Crippen LogP contribution in [0.2, 0.25) is 0 Å². The van der Waals surface area contributed by atoms with Gasteiger partial charge in [0.1, 0.15) is 12.2 Å². The van der Waals surface area contributed by atoms with E-state index in [-0.39, 0.29) is 13.2 Å². The lowest BCUT2D eigenvalue weighted by atomic mass is 11.1. The molecule has 0 radical (unpaired) electrons. The third-order valence-electron chi connectivity index (χ3n) is 2.41. The second-order valence-corrected chi connectivity index (χ2v) is 3.33. The van der Waals surface area contributed by atoms with Crippen LogP contribution in [0.3, 0.4) is 0 Å². The molecule has 2 rings (SSSR count). The van der Waals surface area contributed by atoms with Crippen LogP contribution in [0, 0.1) is 20.2 Å². The van der Waals surface area contributed by atoms with Crippen LogP contribution in [0.5, 0.6) is 0 Å². The molecule has 0 saturated carbocycles. The maximum absolute atomic E-state index is 10.1. The van der Waals surface area contributed by atoms with Crippen LogP contribution >= 0.6 is 0 Å². The Bertz CT molecular complexity index is 279. The van der Waals surface area contributed by atoms with Crippen molar-refractivity contribution in [3.8, 4) is 0 Å². The van der Waals surface area contributed by atoms with Crippen LogP contribution in [0.15, 0.2) is 0 Å². The van der Waals surface area contributed by atoms with Crippen molar-refractivity contribution in [1.29, 1.82) is 0 Å². The highest BCUT2D eigenvalue weighted by atomic mass is 17.0. The van der Waals surface area contributed by atoms with E-state index in [2.05, 4.69) is 9.68 Å². The largest absolute Gasteiger partial charge is 0.371 e. The van der Waals surface area contributed by atoms with Crippen molar-refractivity contribution in [1.82, 2.24) is 0 Å². The normalized spacial score (nSPS) is 36.8. The SMILES string of the molecule is O=[N+]([O-])O[13C@H]1[13CH2]O[13C@@H]2[13C@H]1O[13CH2][13C@H]2O[N+](=O)[O-]. The second kappa shape index (κ2) is 4.06. The predicted molar refractivity (Wildman–Crippen MR) is 43.2 cm³/mol. The van der Waals surface area contributed by atoms with Gasteiger partial charge in [0.15, 0.2) is 12.2 Å². The summed E-state index contributed by atoms with van der Waals surface area (Å²) in [6.45, 7) is -0.0955. The Hall–Kier alpha value is -1.68. The van der Waals surface area contributed by atoms with Gasteiger partial charge >= 0.3 is 0 Å². The summed E-state index contributed by atoms with van der Waals surface area (Å²) < 4.78 is 10.2. The Morgan fingerprint density at radius 2 is 1.31 bits per heavy atom. The smallest absolute Gasteiger partial charge is 0.294 e. The molecule has 10 nitrogen and oxygen atoms in total. The molecule has 2 saturated heterocycles. The summed E-state index contributed by atoms with van der Waals surface area (Å²) in [6, 6.07) is 0. The molecular weight excluding hydrogens is 234 g/mol. The first kappa shape index (κ1) is 10.8. The first-order chi connectivity index (χ1) is 7.58. The number of ether oxygens (including phenoxy) is 2. The third-order valence-corrected chi connectivity index (χ3v) is 2.41. The van der Waals surface area contributed by atoms with Gasteiger partial charge in [0.25, 0.3) is 10.2 Å². The van der Waals surface area contributed by atoms with Gasteiger partial charge in [-0.25, -0.2) is 0 Å². The van der Waals surface area contributed by atoms with Crippen LogP contribution < -0.4 is 0 Å². The lowest BCUT2D eigenvalue weighted by Crippen LogP contribution is -2.35. The molecule has 0 N–H and O–H groups in total. The van der Waals surface area contributed by atoms with Gasteiger partial charge in [-0.2, -0.15) is 0 Å². The number of nitrogens with zero attached hydrogens (tertiary/aromatic N) is 2. The molecular formula is C6H8N2O8. The zero-order valence-electron chi connectivity index (χ0n) is 7.88. The van der Waals surface area contributed by atoms with E-state index >= 15 is 0 Å². The van der Waals surface area contributed by atoms with Gasteiger partial charge < -0.3 is 19.1 Å². The zero-order chi connectivity index (χ0) is 11.7. The monoisotopic (exact) mass is 242 g/mol. The quantitative estimate of drug-likeness (QED) is 0.347. The topological polar surface area (TPSA) is 123 Å². The van der Waals surface area contributed by atoms with E-state index in [0.717, 1.165) is 0 Å². The van der Waals surface area contributed by atoms with Crippen molar-refractivity contribution < 1.29 is 29.3 Å². The highest BCUT2D eigenvalue weighted by Crippen LogP contribution is 2.30. The predicted octanol–water partition coefficient (Wildman–Crippen LogP) is -1.06. The molecule has 0 unspecified atom stereocenters. The van der Waals surface area contributed by atoms with Crippen LogP contribution in [0.25, 0.3) is 0 Å². The molecule has 0 bridgehead atoms. The van der Waals surface area contributed by atoms with E-state index in [1.54, 1.807) is 0 Å². The third kappa shape index (κ3) is 1.97. The summed E-state index contributed by atoms with van der Waals surface area (Å²) >= 11 is 0. The Balaban J connectivity index is 1.95. The maximum Gasteiger partial charge on any atom is 0.294 e. The molecule has 0 aromatic heterocycles. The standard InChI is InChI=1S/C6H8N2O8/c9-7(10)15-3-1-13-6-4(16-8(11)12)2-14-5(3)6/h3-6H,1-2H2/t3-,4+,5-,6-/m0/s1/i1+1,2+1,3+1,4+1,5+1,6+1. The number of fused-ring (bicyclic) bond motifs is 1. The Morgan fingerprint density at radius 3 is 1.62 bits per heavy atom. The molecule has 0 spiro atoms. The van der Waals surface area contributed by atoms with Gasteiger partial charge in [0.2, 0.25) is 0 Å². The average molecular weight is 242 g/mol. The minimum absolute atomic E-state index is 0.0477. The lowest BCUT2D eigenvalue weighted by Gasteiger charge is -2.13. The molecule has 16 heavy (non-hydrogen) atoms. The first-order valence-electron chi connectivity index (χ1n) is 4.43. The minimum Gasteiger partial charge on any atom is -0.371 e. The van der Waals surface area contributed by atoms with Gasteiger partial charge in [-0.1, -0.05) is 0 Å². The molecule has 90 valence electrons. The molecule has 0 aromatic carbocycles. The van der Waals surface area contributed by atoms with Gasteiger partial charge in [0, 0.05) is 0 Å². The van der Waals surface area contributed by atoms with Crippen molar-refractivity contribution >= 4 is 0 Å².